The van der Waals surface area contributed by atoms with Crippen molar-refractivity contribution in [3.8, 4) is 0 Å². The first-order chi connectivity index (χ1) is 9.47. The summed E-state index contributed by atoms with van der Waals surface area (Å²) in [6.45, 7) is 8.13. The molecule has 2 rings (SSSR count). The Labute approximate surface area is 121 Å². The number of benzene rings is 1. The van der Waals surface area contributed by atoms with Crippen molar-refractivity contribution < 1.29 is 9.53 Å². The first-order valence-corrected chi connectivity index (χ1v) is 7.23. The fraction of sp³-hybridized carbons (Fsp3) is 0.562. The number of ether oxygens (including phenoxy) is 1. The van der Waals surface area contributed by atoms with Crippen molar-refractivity contribution in [2.75, 3.05) is 19.6 Å². The van der Waals surface area contributed by atoms with Gasteiger partial charge in [-0.2, -0.15) is 0 Å². The number of hydrogen-bond donors (Lipinski definition) is 1. The van der Waals surface area contributed by atoms with Crippen molar-refractivity contribution in [2.45, 2.75) is 38.8 Å². The maximum Gasteiger partial charge on any atom is 0.410 e. The Bertz CT molecular complexity index is 440. The maximum atomic E-state index is 12.4. The molecule has 0 spiro atoms. The molecule has 110 valence electrons. The summed E-state index contributed by atoms with van der Waals surface area (Å²) >= 11 is 0. The molecule has 0 bridgehead atoms. The van der Waals surface area contributed by atoms with Crippen LogP contribution in [0.4, 0.5) is 4.79 Å². The summed E-state index contributed by atoms with van der Waals surface area (Å²) in [6, 6.07) is 10.2. The van der Waals surface area contributed by atoms with E-state index < -0.39 is 5.60 Å². The van der Waals surface area contributed by atoms with Crippen LogP contribution in [0.5, 0.6) is 0 Å². The smallest absolute Gasteiger partial charge is 0.410 e. The molecular formula is C16H24N2O2. The molecule has 1 heterocycles. The molecule has 0 aromatic heterocycles. The van der Waals surface area contributed by atoms with Gasteiger partial charge in [0.05, 0.1) is 6.04 Å². The highest BCUT2D eigenvalue weighted by atomic mass is 16.6. The van der Waals surface area contributed by atoms with E-state index in [0.717, 1.165) is 31.6 Å². The summed E-state index contributed by atoms with van der Waals surface area (Å²) in [5.74, 6) is 0. The van der Waals surface area contributed by atoms with E-state index in [4.69, 9.17) is 4.74 Å². The Morgan fingerprint density at radius 2 is 2.00 bits per heavy atom. The van der Waals surface area contributed by atoms with Gasteiger partial charge >= 0.3 is 6.09 Å². The van der Waals surface area contributed by atoms with Crippen LogP contribution in [-0.4, -0.2) is 36.2 Å². The lowest BCUT2D eigenvalue weighted by Gasteiger charge is -2.32. The normalized spacial score (nSPS) is 20.4. The highest BCUT2D eigenvalue weighted by molar-refractivity contribution is 5.69. The fourth-order valence-corrected chi connectivity index (χ4v) is 2.39. The van der Waals surface area contributed by atoms with Crippen LogP contribution >= 0.6 is 0 Å². The Hall–Kier alpha value is -1.55. The van der Waals surface area contributed by atoms with E-state index >= 15 is 0 Å². The largest absolute Gasteiger partial charge is 0.444 e. The molecule has 1 amide bonds. The standard InChI is InChI=1S/C16H24N2O2/c1-16(2,3)20-15(19)18-11-7-10-17-12-14(18)13-8-5-4-6-9-13/h4-6,8-9,14,17H,7,10-12H2,1-3H3/t14-/m0/s1. The fourth-order valence-electron chi connectivity index (χ4n) is 2.39. The van der Waals surface area contributed by atoms with Gasteiger partial charge in [0.25, 0.3) is 0 Å². The van der Waals surface area contributed by atoms with E-state index in [0.29, 0.717) is 0 Å². The molecule has 4 nitrogen and oxygen atoms in total. The average Bonchev–Trinajstić information content (AvgIpc) is 2.63. The number of carbonyl (C=O) groups is 1. The van der Waals surface area contributed by atoms with Crippen molar-refractivity contribution in [2.24, 2.45) is 0 Å². The minimum Gasteiger partial charge on any atom is -0.444 e. The molecule has 0 saturated carbocycles. The lowest BCUT2D eigenvalue weighted by Crippen LogP contribution is -2.41. The molecule has 1 aliphatic heterocycles. The van der Waals surface area contributed by atoms with Crippen LogP contribution in [0.15, 0.2) is 30.3 Å². The zero-order chi connectivity index (χ0) is 14.6. The van der Waals surface area contributed by atoms with E-state index in [2.05, 4.69) is 17.4 Å². The monoisotopic (exact) mass is 276 g/mol. The summed E-state index contributed by atoms with van der Waals surface area (Å²) in [4.78, 5) is 14.3. The summed E-state index contributed by atoms with van der Waals surface area (Å²) < 4.78 is 5.54. The summed E-state index contributed by atoms with van der Waals surface area (Å²) in [5.41, 5.74) is 0.686. The van der Waals surface area contributed by atoms with Crippen LogP contribution in [0.3, 0.4) is 0 Å². The summed E-state index contributed by atoms with van der Waals surface area (Å²) in [5, 5.41) is 3.39. The number of nitrogens with zero attached hydrogens (tertiary/aromatic N) is 1. The predicted molar refractivity (Wildman–Crippen MR) is 79.6 cm³/mol. The van der Waals surface area contributed by atoms with Crippen molar-refractivity contribution >= 4 is 6.09 Å². The molecule has 20 heavy (non-hydrogen) atoms. The third-order valence-corrected chi connectivity index (χ3v) is 3.28. The lowest BCUT2D eigenvalue weighted by atomic mass is 10.1. The van der Waals surface area contributed by atoms with Crippen LogP contribution < -0.4 is 5.32 Å². The molecule has 1 saturated heterocycles. The van der Waals surface area contributed by atoms with Gasteiger partial charge in [-0.1, -0.05) is 30.3 Å². The minimum absolute atomic E-state index is 0.0357. The van der Waals surface area contributed by atoms with Crippen molar-refractivity contribution in [3.63, 3.8) is 0 Å². The maximum absolute atomic E-state index is 12.4. The Kier molecular flexibility index (Phi) is 4.65. The highest BCUT2D eigenvalue weighted by Crippen LogP contribution is 2.24. The van der Waals surface area contributed by atoms with Gasteiger partial charge in [-0.3, -0.25) is 4.90 Å². The Morgan fingerprint density at radius 1 is 1.30 bits per heavy atom. The number of amides is 1. The molecular weight excluding hydrogens is 252 g/mol. The zero-order valence-corrected chi connectivity index (χ0v) is 12.6. The highest BCUT2D eigenvalue weighted by Gasteiger charge is 2.30. The van der Waals surface area contributed by atoms with E-state index in [9.17, 15) is 4.79 Å². The minimum atomic E-state index is -0.460. The van der Waals surface area contributed by atoms with Gasteiger partial charge in [0, 0.05) is 13.1 Å². The van der Waals surface area contributed by atoms with E-state index in [1.807, 2.05) is 43.9 Å². The van der Waals surface area contributed by atoms with E-state index in [-0.39, 0.29) is 12.1 Å². The van der Waals surface area contributed by atoms with Crippen molar-refractivity contribution in [1.29, 1.82) is 0 Å². The van der Waals surface area contributed by atoms with Crippen molar-refractivity contribution in [3.05, 3.63) is 35.9 Å². The molecule has 1 aromatic carbocycles. The Morgan fingerprint density at radius 3 is 2.65 bits per heavy atom. The van der Waals surface area contributed by atoms with Crippen molar-refractivity contribution in [1.82, 2.24) is 10.2 Å². The van der Waals surface area contributed by atoms with Crippen LogP contribution in [-0.2, 0) is 4.74 Å². The molecule has 0 radical (unpaired) electrons. The van der Waals surface area contributed by atoms with E-state index in [1.165, 1.54) is 0 Å². The molecule has 0 unspecified atom stereocenters. The first kappa shape index (κ1) is 14.9. The molecule has 1 fully saturated rings. The first-order valence-electron chi connectivity index (χ1n) is 7.23. The molecule has 1 aliphatic rings. The Balaban J connectivity index is 2.19. The van der Waals surface area contributed by atoms with Gasteiger partial charge < -0.3 is 10.1 Å². The quantitative estimate of drug-likeness (QED) is 0.857. The summed E-state index contributed by atoms with van der Waals surface area (Å²) in [7, 11) is 0. The average molecular weight is 276 g/mol. The van der Waals surface area contributed by atoms with Gasteiger partial charge in [0.1, 0.15) is 5.60 Å². The lowest BCUT2D eigenvalue weighted by molar-refractivity contribution is 0.0174. The predicted octanol–water partition coefficient (Wildman–Crippen LogP) is 2.96. The third-order valence-electron chi connectivity index (χ3n) is 3.28. The van der Waals surface area contributed by atoms with E-state index in [1.54, 1.807) is 0 Å². The van der Waals surface area contributed by atoms with Gasteiger partial charge in [-0.15, -0.1) is 0 Å². The second-order valence-electron chi connectivity index (χ2n) is 6.16. The van der Waals surface area contributed by atoms with Gasteiger partial charge in [-0.05, 0) is 39.3 Å². The van der Waals surface area contributed by atoms with Crippen LogP contribution in [0.2, 0.25) is 0 Å². The van der Waals surface area contributed by atoms with Crippen LogP contribution in [0, 0.1) is 0 Å². The summed E-state index contributed by atoms with van der Waals surface area (Å²) in [6.07, 6.45) is 0.720. The number of rotatable bonds is 1. The number of carbonyl (C=O) groups excluding carboxylic acids is 1. The second-order valence-corrected chi connectivity index (χ2v) is 6.16. The topological polar surface area (TPSA) is 41.6 Å². The third kappa shape index (κ3) is 3.97. The number of nitrogens with one attached hydrogen (secondary N) is 1. The molecule has 1 atom stereocenters. The second kappa shape index (κ2) is 6.27. The zero-order valence-electron chi connectivity index (χ0n) is 12.6. The SMILES string of the molecule is CC(C)(C)OC(=O)N1CCCNC[C@H]1c1ccccc1. The van der Waals surface area contributed by atoms with Gasteiger partial charge in [-0.25, -0.2) is 4.79 Å². The number of hydrogen-bond acceptors (Lipinski definition) is 3. The molecule has 1 aromatic rings. The molecule has 1 N–H and O–H groups in total. The van der Waals surface area contributed by atoms with Crippen LogP contribution in [0.25, 0.3) is 0 Å². The molecule has 4 heteroatoms. The van der Waals surface area contributed by atoms with Crippen LogP contribution in [0.1, 0.15) is 38.8 Å². The molecule has 0 aliphatic carbocycles. The van der Waals surface area contributed by atoms with Gasteiger partial charge in [0.2, 0.25) is 0 Å². The van der Waals surface area contributed by atoms with Gasteiger partial charge in [0.15, 0.2) is 0 Å².